The number of rotatable bonds is 3. The minimum absolute atomic E-state index is 0.00437. The smallest absolute Gasteiger partial charge is 0.261 e. The molecule has 0 aliphatic heterocycles. The van der Waals surface area contributed by atoms with Crippen molar-refractivity contribution in [3.63, 3.8) is 0 Å². The SMILES string of the molecule is Cc1ccc(C(C)NC(=O)c2ccc(C#CCO)s2)s1. The number of carbonyl (C=O) groups excluding carboxylic acids is 1. The topological polar surface area (TPSA) is 49.3 Å². The Hall–Kier alpha value is -1.61. The van der Waals surface area contributed by atoms with E-state index in [0.29, 0.717) is 4.88 Å². The van der Waals surface area contributed by atoms with Crippen LogP contribution < -0.4 is 5.32 Å². The average Bonchev–Trinajstić information content (AvgIpc) is 3.05. The second-order valence-corrected chi connectivity index (χ2v) is 6.67. The van der Waals surface area contributed by atoms with Gasteiger partial charge in [0.15, 0.2) is 0 Å². The number of hydrogen-bond donors (Lipinski definition) is 2. The van der Waals surface area contributed by atoms with Crippen molar-refractivity contribution in [1.29, 1.82) is 0 Å². The van der Waals surface area contributed by atoms with Crippen molar-refractivity contribution in [2.45, 2.75) is 19.9 Å². The van der Waals surface area contributed by atoms with Gasteiger partial charge in [0.05, 0.1) is 15.8 Å². The summed E-state index contributed by atoms with van der Waals surface area (Å²) < 4.78 is 0. The molecule has 104 valence electrons. The molecule has 0 fully saturated rings. The van der Waals surface area contributed by atoms with E-state index in [4.69, 9.17) is 5.11 Å². The van der Waals surface area contributed by atoms with Crippen LogP contribution in [-0.4, -0.2) is 17.6 Å². The molecule has 0 aliphatic carbocycles. The van der Waals surface area contributed by atoms with Crippen LogP contribution in [0.3, 0.4) is 0 Å². The fourth-order valence-corrected chi connectivity index (χ4v) is 3.34. The van der Waals surface area contributed by atoms with Gasteiger partial charge >= 0.3 is 0 Å². The summed E-state index contributed by atoms with van der Waals surface area (Å²) in [6.07, 6.45) is 0. The van der Waals surface area contributed by atoms with Crippen molar-refractivity contribution in [3.05, 3.63) is 43.8 Å². The average molecular weight is 305 g/mol. The van der Waals surface area contributed by atoms with Gasteiger partial charge in [-0.2, -0.15) is 0 Å². The van der Waals surface area contributed by atoms with Crippen LogP contribution in [0, 0.1) is 18.8 Å². The summed E-state index contributed by atoms with van der Waals surface area (Å²) in [7, 11) is 0. The van der Waals surface area contributed by atoms with Crippen LogP contribution in [0.2, 0.25) is 0 Å². The lowest BCUT2D eigenvalue weighted by Gasteiger charge is -2.10. The van der Waals surface area contributed by atoms with Gasteiger partial charge in [-0.15, -0.1) is 22.7 Å². The van der Waals surface area contributed by atoms with Crippen LogP contribution in [0.1, 0.15) is 37.3 Å². The van der Waals surface area contributed by atoms with E-state index >= 15 is 0 Å². The molecule has 2 aromatic heterocycles. The molecule has 2 heterocycles. The number of aryl methyl sites for hydroxylation is 1. The van der Waals surface area contributed by atoms with Gasteiger partial charge < -0.3 is 10.4 Å². The summed E-state index contributed by atoms with van der Waals surface area (Å²) >= 11 is 3.02. The Bertz CT molecular complexity index is 661. The molecule has 0 saturated carbocycles. The second kappa shape index (κ2) is 6.71. The molecule has 0 aromatic carbocycles. The highest BCUT2D eigenvalue weighted by atomic mass is 32.1. The van der Waals surface area contributed by atoms with Crippen LogP contribution in [0.15, 0.2) is 24.3 Å². The van der Waals surface area contributed by atoms with Gasteiger partial charge in [0, 0.05) is 9.75 Å². The summed E-state index contributed by atoms with van der Waals surface area (Å²) in [5, 5.41) is 11.6. The first kappa shape index (κ1) is 14.8. The summed E-state index contributed by atoms with van der Waals surface area (Å²) in [6, 6.07) is 7.64. The van der Waals surface area contributed by atoms with Crippen molar-refractivity contribution in [3.8, 4) is 11.8 Å². The lowest BCUT2D eigenvalue weighted by Crippen LogP contribution is -2.25. The standard InChI is InChI=1S/C15H15NO2S2/c1-10-5-7-13(19-10)11(2)16-15(18)14-8-6-12(20-14)4-3-9-17/h5-8,11,17H,9H2,1-2H3,(H,16,18). The lowest BCUT2D eigenvalue weighted by atomic mass is 10.2. The van der Waals surface area contributed by atoms with Gasteiger partial charge in [0.2, 0.25) is 0 Å². The number of aliphatic hydroxyl groups is 1. The molecule has 2 N–H and O–H groups in total. The van der Waals surface area contributed by atoms with Crippen LogP contribution in [0.4, 0.5) is 0 Å². The Morgan fingerprint density at radius 2 is 2.15 bits per heavy atom. The third-order valence-electron chi connectivity index (χ3n) is 2.66. The molecule has 0 radical (unpaired) electrons. The Labute approximate surface area is 126 Å². The normalized spacial score (nSPS) is 11.6. The van der Waals surface area contributed by atoms with Gasteiger partial charge in [-0.1, -0.05) is 11.8 Å². The Morgan fingerprint density at radius 1 is 1.35 bits per heavy atom. The van der Waals surface area contributed by atoms with E-state index in [0.717, 1.165) is 9.75 Å². The van der Waals surface area contributed by atoms with Crippen molar-refractivity contribution >= 4 is 28.6 Å². The molecule has 2 rings (SSSR count). The predicted octanol–water partition coefficient (Wildman–Crippen LogP) is 2.95. The Morgan fingerprint density at radius 3 is 2.80 bits per heavy atom. The van der Waals surface area contributed by atoms with E-state index in [1.54, 1.807) is 23.5 Å². The number of amides is 1. The highest BCUT2D eigenvalue weighted by Gasteiger charge is 2.14. The highest BCUT2D eigenvalue weighted by Crippen LogP contribution is 2.23. The largest absolute Gasteiger partial charge is 0.384 e. The fourth-order valence-electron chi connectivity index (χ4n) is 1.68. The first-order valence-electron chi connectivity index (χ1n) is 6.17. The van der Waals surface area contributed by atoms with Gasteiger partial charge in [-0.25, -0.2) is 0 Å². The molecule has 0 saturated heterocycles. The summed E-state index contributed by atoms with van der Waals surface area (Å²) in [5.41, 5.74) is 0. The van der Waals surface area contributed by atoms with Crippen LogP contribution in [0.25, 0.3) is 0 Å². The fraction of sp³-hybridized carbons (Fsp3) is 0.267. The molecule has 20 heavy (non-hydrogen) atoms. The van der Waals surface area contributed by atoms with Crippen molar-refractivity contribution < 1.29 is 9.90 Å². The van der Waals surface area contributed by atoms with Crippen molar-refractivity contribution in [2.75, 3.05) is 6.61 Å². The molecule has 0 spiro atoms. The second-order valence-electron chi connectivity index (χ2n) is 4.27. The Kier molecular flexibility index (Phi) is 4.96. The zero-order valence-electron chi connectivity index (χ0n) is 11.3. The maximum Gasteiger partial charge on any atom is 0.261 e. The minimum atomic E-state index is -0.172. The third-order valence-corrected chi connectivity index (χ3v) is 4.84. The van der Waals surface area contributed by atoms with Crippen LogP contribution >= 0.6 is 22.7 Å². The lowest BCUT2D eigenvalue weighted by molar-refractivity contribution is 0.0944. The van der Waals surface area contributed by atoms with Crippen molar-refractivity contribution in [1.82, 2.24) is 5.32 Å². The van der Waals surface area contributed by atoms with Crippen LogP contribution in [0.5, 0.6) is 0 Å². The van der Waals surface area contributed by atoms with E-state index in [9.17, 15) is 4.79 Å². The zero-order chi connectivity index (χ0) is 14.5. The quantitative estimate of drug-likeness (QED) is 0.857. The Balaban J connectivity index is 2.02. The molecule has 0 bridgehead atoms. The molecule has 3 nitrogen and oxygen atoms in total. The molecule has 0 aliphatic rings. The molecule has 5 heteroatoms. The molecular formula is C15H15NO2S2. The van der Waals surface area contributed by atoms with Crippen molar-refractivity contribution in [2.24, 2.45) is 0 Å². The third kappa shape index (κ3) is 3.70. The first-order valence-corrected chi connectivity index (χ1v) is 7.80. The summed E-state index contributed by atoms with van der Waals surface area (Å²) in [6.45, 7) is 3.85. The molecule has 1 unspecified atom stereocenters. The van der Waals surface area contributed by atoms with Crippen LogP contribution in [-0.2, 0) is 0 Å². The number of thiophene rings is 2. The molecule has 2 aromatic rings. The van der Waals surface area contributed by atoms with Gasteiger partial charge in [0.25, 0.3) is 5.91 Å². The first-order chi connectivity index (χ1) is 9.60. The number of aliphatic hydroxyl groups excluding tert-OH is 1. The van der Waals surface area contributed by atoms with E-state index in [-0.39, 0.29) is 18.6 Å². The number of nitrogens with one attached hydrogen (secondary N) is 1. The van der Waals surface area contributed by atoms with E-state index in [1.807, 2.05) is 19.9 Å². The monoisotopic (exact) mass is 305 g/mol. The minimum Gasteiger partial charge on any atom is -0.384 e. The predicted molar refractivity (Wildman–Crippen MR) is 83.2 cm³/mol. The summed E-state index contributed by atoms with van der Waals surface area (Å²) in [5.74, 6) is 5.28. The number of hydrogen-bond acceptors (Lipinski definition) is 4. The number of carbonyl (C=O) groups is 1. The van der Waals surface area contributed by atoms with E-state index < -0.39 is 0 Å². The molecule has 1 amide bonds. The maximum absolute atomic E-state index is 12.1. The summed E-state index contributed by atoms with van der Waals surface area (Å²) in [4.78, 5) is 15.9. The van der Waals surface area contributed by atoms with Gasteiger partial charge in [0.1, 0.15) is 6.61 Å². The highest BCUT2D eigenvalue weighted by molar-refractivity contribution is 7.14. The molecule has 1 atom stereocenters. The zero-order valence-corrected chi connectivity index (χ0v) is 12.9. The van der Waals surface area contributed by atoms with Gasteiger partial charge in [-0.3, -0.25) is 4.79 Å². The van der Waals surface area contributed by atoms with E-state index in [1.165, 1.54) is 16.2 Å². The van der Waals surface area contributed by atoms with Gasteiger partial charge in [-0.05, 0) is 38.1 Å². The van der Waals surface area contributed by atoms with E-state index in [2.05, 4.69) is 23.2 Å². The molecular weight excluding hydrogens is 290 g/mol. The maximum atomic E-state index is 12.1.